The highest BCUT2D eigenvalue weighted by Crippen LogP contribution is 2.26. The highest BCUT2D eigenvalue weighted by molar-refractivity contribution is 7.88. The fraction of sp³-hybridized carbons (Fsp3) is 0.520. The van der Waals surface area contributed by atoms with E-state index in [1.54, 1.807) is 0 Å². The van der Waals surface area contributed by atoms with E-state index in [9.17, 15) is 13.5 Å². The largest absolute Gasteiger partial charge is 0.378 e. The van der Waals surface area contributed by atoms with Gasteiger partial charge in [-0.15, -0.1) is 0 Å². The van der Waals surface area contributed by atoms with Gasteiger partial charge in [-0.1, -0.05) is 61.9 Å². The van der Waals surface area contributed by atoms with Crippen LogP contribution in [0.25, 0.3) is 0 Å². The predicted octanol–water partition coefficient (Wildman–Crippen LogP) is 3.63. The molecule has 0 spiro atoms. The summed E-state index contributed by atoms with van der Waals surface area (Å²) in [4.78, 5) is 2.10. The van der Waals surface area contributed by atoms with Gasteiger partial charge in [-0.05, 0) is 61.3 Å². The molecule has 3 atom stereocenters. The summed E-state index contributed by atoms with van der Waals surface area (Å²) in [5.41, 5.74) is 5.02. The summed E-state index contributed by atoms with van der Waals surface area (Å²) in [6, 6.07) is 16.7. The van der Waals surface area contributed by atoms with Crippen LogP contribution in [-0.4, -0.2) is 49.5 Å². The number of hydrogen-bond donors (Lipinski definition) is 2. The van der Waals surface area contributed by atoms with Crippen molar-refractivity contribution >= 4 is 10.0 Å². The summed E-state index contributed by atoms with van der Waals surface area (Å²) < 4.78 is 26.8. The monoisotopic (exact) mass is 444 g/mol. The maximum absolute atomic E-state index is 12.0. The minimum atomic E-state index is -3.32. The molecule has 1 saturated heterocycles. The Morgan fingerprint density at radius 2 is 1.90 bits per heavy atom. The number of aliphatic hydroxyl groups excluding tert-OH is 1. The Kier molecular flexibility index (Phi) is 8.28. The summed E-state index contributed by atoms with van der Waals surface area (Å²) >= 11 is 0. The molecule has 0 aliphatic carbocycles. The van der Waals surface area contributed by atoms with Gasteiger partial charge in [0.05, 0.1) is 6.26 Å². The average Bonchev–Trinajstić information content (AvgIpc) is 2.70. The Labute approximate surface area is 187 Å². The van der Waals surface area contributed by atoms with E-state index in [4.69, 9.17) is 0 Å². The number of hydrogen-bond acceptors (Lipinski definition) is 4. The molecular weight excluding hydrogens is 408 g/mol. The molecular formula is C25H36N2O3S. The maximum Gasteiger partial charge on any atom is 0.209 e. The molecule has 1 heterocycles. The number of aliphatic hydroxyl groups is 1. The van der Waals surface area contributed by atoms with Crippen molar-refractivity contribution in [1.29, 1.82) is 0 Å². The predicted molar refractivity (Wildman–Crippen MR) is 127 cm³/mol. The van der Waals surface area contributed by atoms with Gasteiger partial charge in [0.1, 0.15) is 6.23 Å². The SMILES string of the molecule is CCCC(O)N1CCCC(NS(C)(=O)=O)C1Cc1cccc(Cc2ccccc2C)c1. The van der Waals surface area contributed by atoms with Crippen LogP contribution in [0.15, 0.2) is 48.5 Å². The normalized spacial score (nSPS) is 21.2. The number of rotatable bonds is 9. The van der Waals surface area contributed by atoms with Gasteiger partial charge >= 0.3 is 0 Å². The Morgan fingerprint density at radius 1 is 1.16 bits per heavy atom. The van der Waals surface area contributed by atoms with Gasteiger partial charge in [-0.2, -0.15) is 0 Å². The molecule has 0 saturated carbocycles. The third-order valence-electron chi connectivity index (χ3n) is 6.21. The fourth-order valence-corrected chi connectivity index (χ4v) is 5.51. The van der Waals surface area contributed by atoms with Crippen LogP contribution in [0.5, 0.6) is 0 Å². The molecule has 1 aliphatic rings. The number of sulfonamides is 1. The van der Waals surface area contributed by atoms with E-state index in [-0.39, 0.29) is 12.1 Å². The molecule has 6 heteroatoms. The molecule has 5 nitrogen and oxygen atoms in total. The van der Waals surface area contributed by atoms with E-state index in [1.807, 2.05) is 0 Å². The van der Waals surface area contributed by atoms with Crippen LogP contribution in [0.1, 0.15) is 54.9 Å². The summed E-state index contributed by atoms with van der Waals surface area (Å²) in [6.45, 7) is 4.98. The van der Waals surface area contributed by atoms with Crippen molar-refractivity contribution in [3.8, 4) is 0 Å². The summed E-state index contributed by atoms with van der Waals surface area (Å²) in [5, 5.41) is 10.8. The van der Waals surface area contributed by atoms with E-state index < -0.39 is 16.3 Å². The molecule has 3 unspecified atom stereocenters. The minimum absolute atomic E-state index is 0.0706. The number of benzene rings is 2. The van der Waals surface area contributed by atoms with Gasteiger partial charge in [0, 0.05) is 18.6 Å². The zero-order chi connectivity index (χ0) is 22.4. The lowest BCUT2D eigenvalue weighted by molar-refractivity contribution is -0.0529. The van der Waals surface area contributed by atoms with Gasteiger partial charge in [0.2, 0.25) is 10.0 Å². The minimum Gasteiger partial charge on any atom is -0.378 e. The molecule has 170 valence electrons. The zero-order valence-electron chi connectivity index (χ0n) is 18.9. The van der Waals surface area contributed by atoms with Crippen molar-refractivity contribution in [3.05, 3.63) is 70.8 Å². The van der Waals surface area contributed by atoms with Crippen molar-refractivity contribution in [1.82, 2.24) is 9.62 Å². The smallest absolute Gasteiger partial charge is 0.209 e. The lowest BCUT2D eigenvalue weighted by atomic mass is 9.90. The molecule has 2 aromatic carbocycles. The summed E-state index contributed by atoms with van der Waals surface area (Å²) in [6.07, 6.45) is 5.49. The lowest BCUT2D eigenvalue weighted by Gasteiger charge is -2.44. The highest BCUT2D eigenvalue weighted by Gasteiger charge is 2.36. The lowest BCUT2D eigenvalue weighted by Crippen LogP contribution is -2.58. The molecule has 2 N–H and O–H groups in total. The molecule has 1 fully saturated rings. The van der Waals surface area contributed by atoms with Crippen molar-refractivity contribution in [2.24, 2.45) is 0 Å². The topological polar surface area (TPSA) is 69.6 Å². The fourth-order valence-electron chi connectivity index (χ4n) is 4.69. The van der Waals surface area contributed by atoms with Crippen LogP contribution < -0.4 is 4.72 Å². The standard InChI is InChI=1S/C25H36N2O3S/c1-4-9-25(28)27-15-8-14-23(26-31(3,29)30)24(27)18-21-12-7-11-20(16-21)17-22-13-6-5-10-19(22)2/h5-7,10-13,16,23-26,28H,4,8-9,14-15,17-18H2,1-3H3. The first-order valence-electron chi connectivity index (χ1n) is 11.3. The number of nitrogens with one attached hydrogen (secondary N) is 1. The van der Waals surface area contributed by atoms with Gasteiger partial charge in [0.15, 0.2) is 0 Å². The average molecular weight is 445 g/mol. The van der Waals surface area contributed by atoms with E-state index in [0.29, 0.717) is 12.8 Å². The molecule has 2 aromatic rings. The second-order valence-corrected chi connectivity index (χ2v) is 10.6. The van der Waals surface area contributed by atoms with Crippen molar-refractivity contribution in [2.75, 3.05) is 12.8 Å². The van der Waals surface area contributed by atoms with E-state index in [1.165, 1.54) is 28.5 Å². The van der Waals surface area contributed by atoms with Gasteiger partial charge in [-0.3, -0.25) is 4.90 Å². The van der Waals surface area contributed by atoms with Crippen LogP contribution in [0.2, 0.25) is 0 Å². The molecule has 31 heavy (non-hydrogen) atoms. The Hall–Kier alpha value is -1.73. The molecule has 0 amide bonds. The maximum atomic E-state index is 12.0. The van der Waals surface area contributed by atoms with Gasteiger partial charge in [-0.25, -0.2) is 13.1 Å². The summed E-state index contributed by atoms with van der Waals surface area (Å²) in [5.74, 6) is 0. The van der Waals surface area contributed by atoms with Crippen molar-refractivity contribution in [2.45, 2.75) is 70.7 Å². The molecule has 0 bridgehead atoms. The van der Waals surface area contributed by atoms with Crippen LogP contribution in [-0.2, 0) is 22.9 Å². The Bertz CT molecular complexity index is 961. The molecule has 1 aliphatic heterocycles. The number of aryl methyl sites for hydroxylation is 1. The van der Waals surface area contributed by atoms with Gasteiger partial charge < -0.3 is 5.11 Å². The number of likely N-dealkylation sites (tertiary alicyclic amines) is 1. The van der Waals surface area contributed by atoms with Crippen molar-refractivity contribution in [3.63, 3.8) is 0 Å². The third-order valence-corrected chi connectivity index (χ3v) is 6.94. The van der Waals surface area contributed by atoms with Crippen LogP contribution >= 0.6 is 0 Å². The number of nitrogens with zero attached hydrogens (tertiary/aromatic N) is 1. The second-order valence-electron chi connectivity index (χ2n) is 8.84. The zero-order valence-corrected chi connectivity index (χ0v) is 19.7. The Morgan fingerprint density at radius 3 is 2.61 bits per heavy atom. The van der Waals surface area contributed by atoms with E-state index in [2.05, 4.69) is 72.0 Å². The van der Waals surface area contributed by atoms with Crippen LogP contribution in [0.4, 0.5) is 0 Å². The van der Waals surface area contributed by atoms with Crippen molar-refractivity contribution < 1.29 is 13.5 Å². The molecule has 3 rings (SSSR count). The molecule has 0 aromatic heterocycles. The highest BCUT2D eigenvalue weighted by atomic mass is 32.2. The quantitative estimate of drug-likeness (QED) is 0.620. The van der Waals surface area contributed by atoms with E-state index >= 15 is 0 Å². The first kappa shape index (κ1) is 23.9. The van der Waals surface area contributed by atoms with Gasteiger partial charge in [0.25, 0.3) is 0 Å². The Balaban J connectivity index is 1.83. The van der Waals surface area contributed by atoms with E-state index in [0.717, 1.165) is 32.2 Å². The summed E-state index contributed by atoms with van der Waals surface area (Å²) in [7, 11) is -3.32. The third kappa shape index (κ3) is 6.88. The first-order chi connectivity index (χ1) is 14.8. The first-order valence-corrected chi connectivity index (χ1v) is 13.2. The molecule has 0 radical (unpaired) electrons. The van der Waals surface area contributed by atoms with Crippen LogP contribution in [0, 0.1) is 6.92 Å². The van der Waals surface area contributed by atoms with Crippen LogP contribution in [0.3, 0.4) is 0 Å². The second kappa shape index (κ2) is 10.7. The number of piperidine rings is 1.